The van der Waals surface area contributed by atoms with Gasteiger partial charge in [0, 0.05) is 25.2 Å². The molecule has 1 spiro atoms. The summed E-state index contributed by atoms with van der Waals surface area (Å²) in [4.78, 5) is 25.9. The van der Waals surface area contributed by atoms with Crippen LogP contribution in [0.1, 0.15) is 29.6 Å². The lowest BCUT2D eigenvalue weighted by molar-refractivity contribution is -0.129. The minimum absolute atomic E-state index is 0.121. The highest BCUT2D eigenvalue weighted by atomic mass is 19.1. The predicted octanol–water partition coefficient (Wildman–Crippen LogP) is 1.57. The highest BCUT2D eigenvalue weighted by Gasteiger charge is 2.44. The third-order valence-corrected chi connectivity index (χ3v) is 4.45. The van der Waals surface area contributed by atoms with Gasteiger partial charge in [-0.2, -0.15) is 0 Å². The third-order valence-electron chi connectivity index (χ3n) is 4.45. The fraction of sp³-hybridized carbons (Fsp3) is 0.467. The number of rotatable bonds is 1. The van der Waals surface area contributed by atoms with E-state index >= 15 is 0 Å². The van der Waals surface area contributed by atoms with Crippen LogP contribution in [0.2, 0.25) is 0 Å². The molecule has 5 heteroatoms. The van der Waals surface area contributed by atoms with E-state index in [2.05, 4.69) is 5.32 Å². The van der Waals surface area contributed by atoms with Crippen LogP contribution in [-0.2, 0) is 4.79 Å². The molecule has 0 aliphatic carbocycles. The lowest BCUT2D eigenvalue weighted by Crippen LogP contribution is -2.46. The van der Waals surface area contributed by atoms with Gasteiger partial charge in [-0.25, -0.2) is 4.39 Å². The van der Waals surface area contributed by atoms with Crippen LogP contribution in [0.15, 0.2) is 24.3 Å². The van der Waals surface area contributed by atoms with E-state index in [4.69, 9.17) is 0 Å². The average Bonchev–Trinajstić information content (AvgIpc) is 2.80. The summed E-state index contributed by atoms with van der Waals surface area (Å²) in [5.74, 6) is -0.437. The number of nitrogens with one attached hydrogen (secondary N) is 1. The first-order chi connectivity index (χ1) is 9.61. The molecule has 1 aromatic rings. The summed E-state index contributed by atoms with van der Waals surface area (Å²) in [7, 11) is 0. The first-order valence-corrected chi connectivity index (χ1v) is 6.94. The summed E-state index contributed by atoms with van der Waals surface area (Å²) < 4.78 is 13.2. The summed E-state index contributed by atoms with van der Waals surface area (Å²) in [5.41, 5.74) is 0.0930. The first kappa shape index (κ1) is 13.1. The summed E-state index contributed by atoms with van der Waals surface area (Å²) >= 11 is 0. The molecule has 0 saturated carbocycles. The van der Waals surface area contributed by atoms with Crippen LogP contribution in [0.4, 0.5) is 4.39 Å². The molecule has 2 aliphatic heterocycles. The van der Waals surface area contributed by atoms with Crippen LogP contribution in [0.25, 0.3) is 0 Å². The number of hydrogen-bond acceptors (Lipinski definition) is 2. The summed E-state index contributed by atoms with van der Waals surface area (Å²) in [6, 6.07) is 5.75. The summed E-state index contributed by atoms with van der Waals surface area (Å²) in [6.45, 7) is 1.85. The largest absolute Gasteiger partial charge is 0.356 e. The highest BCUT2D eigenvalue weighted by Crippen LogP contribution is 2.38. The number of hydrogen-bond donors (Lipinski definition) is 1. The Balaban J connectivity index is 1.69. The Hall–Kier alpha value is -1.91. The summed E-state index contributed by atoms with van der Waals surface area (Å²) in [6.07, 6.45) is 2.24. The number of carbonyl (C=O) groups is 2. The molecule has 0 aromatic heterocycles. The maximum Gasteiger partial charge on any atom is 0.253 e. The molecule has 0 unspecified atom stereocenters. The zero-order chi connectivity index (χ0) is 14.2. The maximum absolute atomic E-state index is 13.2. The number of nitrogens with zero attached hydrogens (tertiary/aromatic N) is 1. The highest BCUT2D eigenvalue weighted by molar-refractivity contribution is 5.94. The van der Waals surface area contributed by atoms with Crippen LogP contribution >= 0.6 is 0 Å². The molecular formula is C15H17FN2O2. The van der Waals surface area contributed by atoms with E-state index in [0.717, 1.165) is 13.0 Å². The molecule has 0 radical (unpaired) electrons. The van der Waals surface area contributed by atoms with E-state index in [1.807, 2.05) is 0 Å². The van der Waals surface area contributed by atoms with E-state index < -0.39 is 5.82 Å². The fourth-order valence-electron chi connectivity index (χ4n) is 3.14. The van der Waals surface area contributed by atoms with Crippen LogP contribution in [-0.4, -0.2) is 36.3 Å². The maximum atomic E-state index is 13.2. The van der Waals surface area contributed by atoms with Crippen LogP contribution < -0.4 is 5.32 Å². The van der Waals surface area contributed by atoms with Crippen LogP contribution in [0.3, 0.4) is 0 Å². The van der Waals surface area contributed by atoms with E-state index in [9.17, 15) is 14.0 Å². The molecule has 2 heterocycles. The number of likely N-dealkylation sites (tertiary alicyclic amines) is 1. The Morgan fingerprint density at radius 2 is 2.00 bits per heavy atom. The van der Waals surface area contributed by atoms with Gasteiger partial charge in [-0.1, -0.05) is 6.07 Å². The van der Waals surface area contributed by atoms with Gasteiger partial charge in [0.2, 0.25) is 5.91 Å². The molecule has 4 nitrogen and oxygen atoms in total. The minimum Gasteiger partial charge on any atom is -0.356 e. The molecule has 106 valence electrons. The van der Waals surface area contributed by atoms with Crippen molar-refractivity contribution in [2.24, 2.45) is 5.41 Å². The van der Waals surface area contributed by atoms with E-state index in [-0.39, 0.29) is 17.2 Å². The topological polar surface area (TPSA) is 49.4 Å². The van der Waals surface area contributed by atoms with Crippen molar-refractivity contribution in [1.82, 2.24) is 10.2 Å². The van der Waals surface area contributed by atoms with Gasteiger partial charge in [-0.3, -0.25) is 9.59 Å². The number of benzene rings is 1. The van der Waals surface area contributed by atoms with Gasteiger partial charge in [-0.05, 0) is 37.5 Å². The molecule has 2 amide bonds. The molecular weight excluding hydrogens is 259 g/mol. The smallest absolute Gasteiger partial charge is 0.253 e. The SMILES string of the molecule is O=C(c1cccc(F)c1)N1CCC2(CCNC2=O)CC1. The van der Waals surface area contributed by atoms with Gasteiger partial charge in [0.1, 0.15) is 5.82 Å². The second kappa shape index (κ2) is 4.89. The van der Waals surface area contributed by atoms with E-state index in [0.29, 0.717) is 31.5 Å². The Morgan fingerprint density at radius 1 is 1.25 bits per heavy atom. The second-order valence-corrected chi connectivity index (χ2v) is 5.59. The second-order valence-electron chi connectivity index (χ2n) is 5.59. The zero-order valence-electron chi connectivity index (χ0n) is 11.2. The van der Waals surface area contributed by atoms with Crippen LogP contribution in [0, 0.1) is 11.2 Å². The van der Waals surface area contributed by atoms with Crippen LogP contribution in [0.5, 0.6) is 0 Å². The van der Waals surface area contributed by atoms with Crippen molar-refractivity contribution in [3.63, 3.8) is 0 Å². The molecule has 2 aliphatic rings. The van der Waals surface area contributed by atoms with Gasteiger partial charge in [-0.15, -0.1) is 0 Å². The average molecular weight is 276 g/mol. The lowest BCUT2D eigenvalue weighted by atomic mass is 9.77. The van der Waals surface area contributed by atoms with Crippen molar-refractivity contribution in [1.29, 1.82) is 0 Å². The predicted molar refractivity (Wildman–Crippen MR) is 71.6 cm³/mol. The molecule has 0 bridgehead atoms. The number of halogens is 1. The van der Waals surface area contributed by atoms with Crippen molar-refractivity contribution < 1.29 is 14.0 Å². The fourth-order valence-corrected chi connectivity index (χ4v) is 3.14. The Labute approximate surface area is 117 Å². The van der Waals surface area contributed by atoms with E-state index in [1.165, 1.54) is 12.1 Å². The van der Waals surface area contributed by atoms with Gasteiger partial charge in [0.25, 0.3) is 5.91 Å². The van der Waals surface area contributed by atoms with Gasteiger partial charge >= 0.3 is 0 Å². The number of piperidine rings is 1. The Kier molecular flexibility index (Phi) is 3.20. The molecule has 1 N–H and O–H groups in total. The monoisotopic (exact) mass is 276 g/mol. The molecule has 1 aromatic carbocycles. The van der Waals surface area contributed by atoms with Crippen molar-refractivity contribution >= 4 is 11.8 Å². The minimum atomic E-state index is -0.403. The molecule has 2 fully saturated rings. The first-order valence-electron chi connectivity index (χ1n) is 6.94. The van der Waals surface area contributed by atoms with Gasteiger partial charge < -0.3 is 10.2 Å². The van der Waals surface area contributed by atoms with Gasteiger partial charge in [0.15, 0.2) is 0 Å². The van der Waals surface area contributed by atoms with E-state index in [1.54, 1.807) is 17.0 Å². The standard InChI is InChI=1S/C15H17FN2O2/c16-12-3-1-2-11(10-12)13(19)18-8-5-15(6-9-18)4-7-17-14(15)20/h1-3,10H,4-9H2,(H,17,20). The Bertz CT molecular complexity index is 551. The molecule has 0 atom stereocenters. The van der Waals surface area contributed by atoms with Crippen molar-refractivity contribution in [3.05, 3.63) is 35.6 Å². The Morgan fingerprint density at radius 3 is 2.60 bits per heavy atom. The van der Waals surface area contributed by atoms with Crippen molar-refractivity contribution in [2.45, 2.75) is 19.3 Å². The number of amides is 2. The molecule has 2 saturated heterocycles. The third kappa shape index (κ3) is 2.17. The van der Waals surface area contributed by atoms with Crippen molar-refractivity contribution in [2.75, 3.05) is 19.6 Å². The lowest BCUT2D eigenvalue weighted by Gasteiger charge is -2.37. The quantitative estimate of drug-likeness (QED) is 0.846. The van der Waals surface area contributed by atoms with Crippen molar-refractivity contribution in [3.8, 4) is 0 Å². The normalized spacial score (nSPS) is 21.1. The molecule has 20 heavy (non-hydrogen) atoms. The summed E-state index contributed by atoms with van der Waals surface area (Å²) in [5, 5.41) is 2.87. The van der Waals surface area contributed by atoms with Gasteiger partial charge in [0.05, 0.1) is 5.41 Å². The number of carbonyl (C=O) groups excluding carboxylic acids is 2. The zero-order valence-corrected chi connectivity index (χ0v) is 11.2. The molecule has 3 rings (SSSR count).